The second-order valence-corrected chi connectivity index (χ2v) is 6.76. The van der Waals surface area contributed by atoms with E-state index in [1.165, 1.54) is 17.5 Å². The lowest BCUT2D eigenvalue weighted by atomic mass is 10.0. The van der Waals surface area contributed by atoms with Crippen LogP contribution in [0.4, 0.5) is 0 Å². The molecule has 0 aliphatic carbocycles. The number of piperazine rings is 1. The maximum Gasteiger partial charge on any atom is 0.0237 e. The van der Waals surface area contributed by atoms with E-state index < -0.39 is 0 Å². The predicted octanol–water partition coefficient (Wildman–Crippen LogP) is 3.11. The highest BCUT2D eigenvalue weighted by Crippen LogP contribution is 2.19. The van der Waals surface area contributed by atoms with Gasteiger partial charge in [-0.1, -0.05) is 60.7 Å². The lowest BCUT2D eigenvalue weighted by Gasteiger charge is -2.41. The third kappa shape index (κ3) is 4.91. The Morgan fingerprint density at radius 2 is 1.46 bits per heavy atom. The first-order valence-corrected chi connectivity index (χ1v) is 9.09. The quantitative estimate of drug-likeness (QED) is 0.850. The summed E-state index contributed by atoms with van der Waals surface area (Å²) in [4.78, 5) is 5.24. The van der Waals surface area contributed by atoms with Crippen molar-refractivity contribution in [3.63, 3.8) is 0 Å². The first kappa shape index (κ1) is 17.2. The van der Waals surface area contributed by atoms with Gasteiger partial charge in [0.15, 0.2) is 0 Å². The molecule has 3 nitrogen and oxygen atoms in total. The predicted molar refractivity (Wildman–Crippen MR) is 101 cm³/mol. The number of rotatable bonds is 7. The van der Waals surface area contributed by atoms with Gasteiger partial charge in [0.05, 0.1) is 0 Å². The van der Waals surface area contributed by atoms with E-state index in [0.29, 0.717) is 6.04 Å². The fraction of sp³-hybridized carbons (Fsp3) is 0.429. The molecular formula is C21H29N3. The van der Waals surface area contributed by atoms with Gasteiger partial charge in [-0.25, -0.2) is 0 Å². The average Bonchev–Trinajstić information content (AvgIpc) is 2.63. The molecular weight excluding hydrogens is 294 g/mol. The average molecular weight is 323 g/mol. The van der Waals surface area contributed by atoms with E-state index in [0.717, 1.165) is 45.7 Å². The molecule has 1 saturated heterocycles. The first-order valence-electron chi connectivity index (χ1n) is 9.09. The van der Waals surface area contributed by atoms with Crippen LogP contribution in [0.25, 0.3) is 0 Å². The van der Waals surface area contributed by atoms with Crippen molar-refractivity contribution in [3.05, 3.63) is 71.8 Å². The van der Waals surface area contributed by atoms with Crippen molar-refractivity contribution in [3.8, 4) is 0 Å². The van der Waals surface area contributed by atoms with E-state index in [1.54, 1.807) is 0 Å². The molecule has 0 amide bonds. The standard InChI is InChI=1S/C21H29N3/c22-13-7-12-21-18-23(16-19-8-3-1-4-9-19)14-15-24(21)17-20-10-5-2-6-11-20/h1-6,8-11,21H,7,12-18,22H2/t21-/m0/s1. The molecule has 0 radical (unpaired) electrons. The molecule has 1 aliphatic heterocycles. The Kier molecular flexibility index (Phi) is 6.41. The fourth-order valence-corrected chi connectivity index (χ4v) is 3.60. The van der Waals surface area contributed by atoms with Crippen molar-refractivity contribution in [2.75, 3.05) is 26.2 Å². The first-order chi connectivity index (χ1) is 11.8. The molecule has 0 bridgehead atoms. The van der Waals surface area contributed by atoms with Crippen LogP contribution in [0.1, 0.15) is 24.0 Å². The normalized spacial score (nSPS) is 19.5. The lowest BCUT2D eigenvalue weighted by molar-refractivity contribution is 0.0588. The molecule has 1 aliphatic rings. The second kappa shape index (κ2) is 8.97. The van der Waals surface area contributed by atoms with Gasteiger partial charge in [0.25, 0.3) is 0 Å². The molecule has 3 rings (SSSR count). The van der Waals surface area contributed by atoms with Gasteiger partial charge in [0, 0.05) is 38.8 Å². The van der Waals surface area contributed by atoms with Crippen LogP contribution >= 0.6 is 0 Å². The second-order valence-electron chi connectivity index (χ2n) is 6.76. The Balaban J connectivity index is 1.61. The topological polar surface area (TPSA) is 32.5 Å². The third-order valence-corrected chi connectivity index (χ3v) is 4.91. The van der Waals surface area contributed by atoms with Gasteiger partial charge in [0.1, 0.15) is 0 Å². The van der Waals surface area contributed by atoms with Crippen LogP contribution in [-0.2, 0) is 13.1 Å². The Hall–Kier alpha value is -1.68. The molecule has 1 heterocycles. The Morgan fingerprint density at radius 3 is 2.08 bits per heavy atom. The Labute approximate surface area is 146 Å². The van der Waals surface area contributed by atoms with Crippen LogP contribution in [0, 0.1) is 0 Å². The maximum absolute atomic E-state index is 5.77. The van der Waals surface area contributed by atoms with E-state index in [9.17, 15) is 0 Å². The highest BCUT2D eigenvalue weighted by molar-refractivity contribution is 5.16. The molecule has 2 N–H and O–H groups in total. The summed E-state index contributed by atoms with van der Waals surface area (Å²) in [5.41, 5.74) is 8.59. The summed E-state index contributed by atoms with van der Waals surface area (Å²) in [6.07, 6.45) is 2.30. The number of benzene rings is 2. The van der Waals surface area contributed by atoms with Gasteiger partial charge in [-0.05, 0) is 30.5 Å². The van der Waals surface area contributed by atoms with Crippen LogP contribution < -0.4 is 5.73 Å². The molecule has 0 unspecified atom stereocenters. The zero-order chi connectivity index (χ0) is 16.6. The van der Waals surface area contributed by atoms with Crippen molar-refractivity contribution in [1.29, 1.82) is 0 Å². The van der Waals surface area contributed by atoms with Crippen molar-refractivity contribution in [2.45, 2.75) is 32.0 Å². The van der Waals surface area contributed by atoms with E-state index in [2.05, 4.69) is 70.5 Å². The zero-order valence-electron chi connectivity index (χ0n) is 14.5. The number of hydrogen-bond donors (Lipinski definition) is 1. The van der Waals surface area contributed by atoms with Crippen molar-refractivity contribution < 1.29 is 0 Å². The monoisotopic (exact) mass is 323 g/mol. The zero-order valence-corrected chi connectivity index (χ0v) is 14.5. The Morgan fingerprint density at radius 1 is 0.833 bits per heavy atom. The van der Waals surface area contributed by atoms with Gasteiger partial charge in [-0.15, -0.1) is 0 Å². The van der Waals surface area contributed by atoms with Crippen LogP contribution in [0.15, 0.2) is 60.7 Å². The lowest BCUT2D eigenvalue weighted by Crippen LogP contribution is -2.52. The number of nitrogens with zero attached hydrogens (tertiary/aromatic N) is 2. The minimum Gasteiger partial charge on any atom is -0.330 e. The van der Waals surface area contributed by atoms with Gasteiger partial charge in [-0.3, -0.25) is 9.80 Å². The van der Waals surface area contributed by atoms with Crippen LogP contribution in [0.5, 0.6) is 0 Å². The largest absolute Gasteiger partial charge is 0.330 e. The molecule has 2 aromatic carbocycles. The highest BCUT2D eigenvalue weighted by atomic mass is 15.3. The van der Waals surface area contributed by atoms with Crippen LogP contribution in [0.3, 0.4) is 0 Å². The summed E-state index contributed by atoms with van der Waals surface area (Å²) in [6.45, 7) is 6.31. The van der Waals surface area contributed by atoms with Gasteiger partial charge in [0.2, 0.25) is 0 Å². The number of hydrogen-bond acceptors (Lipinski definition) is 3. The maximum atomic E-state index is 5.77. The van der Waals surface area contributed by atoms with Crippen molar-refractivity contribution in [1.82, 2.24) is 9.80 Å². The molecule has 0 aromatic heterocycles. The van der Waals surface area contributed by atoms with Gasteiger partial charge in [-0.2, -0.15) is 0 Å². The minimum absolute atomic E-state index is 0.603. The van der Waals surface area contributed by atoms with Crippen molar-refractivity contribution >= 4 is 0 Å². The van der Waals surface area contributed by atoms with Gasteiger partial charge >= 0.3 is 0 Å². The molecule has 1 atom stereocenters. The Bertz CT molecular complexity index is 585. The molecule has 0 spiro atoms. The van der Waals surface area contributed by atoms with E-state index in [1.807, 2.05) is 0 Å². The summed E-state index contributed by atoms with van der Waals surface area (Å²) in [5.74, 6) is 0. The van der Waals surface area contributed by atoms with Gasteiger partial charge < -0.3 is 5.73 Å². The summed E-state index contributed by atoms with van der Waals surface area (Å²) >= 11 is 0. The van der Waals surface area contributed by atoms with E-state index in [-0.39, 0.29) is 0 Å². The molecule has 3 heteroatoms. The van der Waals surface area contributed by atoms with Crippen molar-refractivity contribution in [2.24, 2.45) is 5.73 Å². The SMILES string of the molecule is NCCC[C@H]1CN(Cc2ccccc2)CCN1Cc1ccccc1. The van der Waals surface area contributed by atoms with E-state index in [4.69, 9.17) is 5.73 Å². The smallest absolute Gasteiger partial charge is 0.0237 e. The summed E-state index contributed by atoms with van der Waals surface area (Å²) in [5, 5.41) is 0. The summed E-state index contributed by atoms with van der Waals surface area (Å²) in [7, 11) is 0. The minimum atomic E-state index is 0.603. The van der Waals surface area contributed by atoms with E-state index >= 15 is 0 Å². The van der Waals surface area contributed by atoms with Crippen LogP contribution in [-0.4, -0.2) is 42.0 Å². The highest BCUT2D eigenvalue weighted by Gasteiger charge is 2.26. The molecule has 1 fully saturated rings. The molecule has 24 heavy (non-hydrogen) atoms. The fourth-order valence-electron chi connectivity index (χ4n) is 3.60. The molecule has 2 aromatic rings. The molecule has 128 valence electrons. The number of nitrogens with two attached hydrogens (primary N) is 1. The van der Waals surface area contributed by atoms with Crippen LogP contribution in [0.2, 0.25) is 0 Å². The molecule has 0 saturated carbocycles. The summed E-state index contributed by atoms with van der Waals surface area (Å²) in [6, 6.07) is 22.2. The summed E-state index contributed by atoms with van der Waals surface area (Å²) < 4.78 is 0. The third-order valence-electron chi connectivity index (χ3n) is 4.91.